The van der Waals surface area contributed by atoms with E-state index in [4.69, 9.17) is 10.5 Å². The van der Waals surface area contributed by atoms with Crippen molar-refractivity contribution in [3.05, 3.63) is 213 Å². The lowest BCUT2D eigenvalue weighted by Crippen LogP contribution is -2.42. The van der Waals surface area contributed by atoms with Gasteiger partial charge in [0, 0.05) is 65.1 Å². The highest BCUT2D eigenvalue weighted by Gasteiger charge is 2.46. The van der Waals surface area contributed by atoms with Crippen LogP contribution in [0.2, 0.25) is 0 Å². The summed E-state index contributed by atoms with van der Waals surface area (Å²) >= 11 is 0. The van der Waals surface area contributed by atoms with Crippen LogP contribution in [-0.2, 0) is 38.7 Å². The first kappa shape index (κ1) is 60.4. The summed E-state index contributed by atoms with van der Waals surface area (Å²) in [6, 6.07) is 38.2. The molecule has 88 heavy (non-hydrogen) atoms. The number of carbonyl (C=O) groups excluding carboxylic acids is 1. The average molecular weight is 1200 g/mol. The molecule has 0 saturated carbocycles. The summed E-state index contributed by atoms with van der Waals surface area (Å²) < 4.78 is 44.1. The van der Waals surface area contributed by atoms with Gasteiger partial charge in [-0.05, 0) is 157 Å². The number of nitrogen functional groups attached to an aromatic ring is 1. The van der Waals surface area contributed by atoms with Crippen LogP contribution in [0.15, 0.2) is 179 Å². The molecule has 2 aromatic heterocycles. The molecule has 11 rings (SSSR count). The number of ether oxygens (including phenoxy) is 1. The molecule has 18 heteroatoms. The number of hydrogen-bond donors (Lipinski definition) is 6. The van der Waals surface area contributed by atoms with Crippen LogP contribution in [-0.4, -0.2) is 84.6 Å². The molecular formula is C70H74N9O8S+. The number of aliphatic carboxylic acids is 1. The molecule has 0 radical (unpaired) electrons. The van der Waals surface area contributed by atoms with Gasteiger partial charge in [0.1, 0.15) is 17.6 Å². The summed E-state index contributed by atoms with van der Waals surface area (Å²) in [5.74, 6) is -0.0495. The second-order valence-electron chi connectivity index (χ2n) is 24.6. The second-order valence-corrected chi connectivity index (χ2v) is 26.4. The Morgan fingerprint density at radius 3 is 2.22 bits per heavy atom. The Bertz CT molecular complexity index is 4410. The van der Waals surface area contributed by atoms with E-state index in [0.29, 0.717) is 47.3 Å². The maximum absolute atomic E-state index is 13.6. The predicted octanol–water partition coefficient (Wildman–Crippen LogP) is 12.4. The number of carboxylic acids is 1. The van der Waals surface area contributed by atoms with Crippen molar-refractivity contribution in [3.63, 3.8) is 0 Å². The van der Waals surface area contributed by atoms with E-state index in [2.05, 4.69) is 167 Å². The zero-order valence-electron chi connectivity index (χ0n) is 50.6. The number of fused-ring (bicyclic) bond motifs is 7. The number of allylic oxidation sites excluding steroid dienone is 7. The van der Waals surface area contributed by atoms with Crippen molar-refractivity contribution in [2.75, 3.05) is 29.0 Å². The van der Waals surface area contributed by atoms with Gasteiger partial charge in [-0.15, -0.1) is 0 Å². The van der Waals surface area contributed by atoms with Crippen molar-refractivity contribution in [3.8, 4) is 5.75 Å². The smallest absolute Gasteiger partial charge is 0.326 e. The number of amides is 1. The SMILES string of the molecule is CC(C)CCN1/C(=C/C=C2\CCCC(/C=C/C3=[N+](CCC(C)S(=O)(=O)O)c4ccc5ccccc5c4C3(C)C)=C2Oc2ccc(C[C@H](NC(=O)c3ccc(NCc4cnc5nc(N)[nH]c(=O)c5n4)cc3)C(=O)O)cc2)C(C)(C)c2c1ccc1ccccc21. The minimum Gasteiger partial charge on any atom is -0.480 e. The number of carbonyl (C=O) groups is 2. The van der Waals surface area contributed by atoms with Crippen molar-refractivity contribution in [1.82, 2.24) is 25.3 Å². The molecule has 452 valence electrons. The monoisotopic (exact) mass is 1200 g/mol. The van der Waals surface area contributed by atoms with Crippen LogP contribution in [0.3, 0.4) is 0 Å². The summed E-state index contributed by atoms with van der Waals surface area (Å²) in [5.41, 5.74) is 15.4. The first-order chi connectivity index (χ1) is 42.0. The van der Waals surface area contributed by atoms with Crippen LogP contribution >= 0.6 is 0 Å². The van der Waals surface area contributed by atoms with Crippen molar-refractivity contribution in [2.45, 2.75) is 116 Å². The summed E-state index contributed by atoms with van der Waals surface area (Å²) in [7, 11) is -4.27. The number of benzene rings is 6. The molecule has 0 saturated heterocycles. The molecule has 4 heterocycles. The van der Waals surface area contributed by atoms with Gasteiger partial charge in [0.2, 0.25) is 11.6 Å². The van der Waals surface area contributed by atoms with Crippen LogP contribution in [0.1, 0.15) is 113 Å². The maximum Gasteiger partial charge on any atom is 0.326 e. The number of hydrogen-bond acceptors (Lipinski definition) is 12. The molecule has 3 aliphatic rings. The largest absolute Gasteiger partial charge is 0.480 e. The number of rotatable bonds is 20. The quantitative estimate of drug-likeness (QED) is 0.0307. The van der Waals surface area contributed by atoms with E-state index in [0.717, 1.165) is 64.7 Å². The lowest BCUT2D eigenvalue weighted by atomic mass is 9.78. The third-order valence-electron chi connectivity index (χ3n) is 17.4. The van der Waals surface area contributed by atoms with Crippen molar-refractivity contribution < 1.29 is 37.0 Å². The minimum absolute atomic E-state index is 0.000492. The molecule has 0 spiro atoms. The van der Waals surface area contributed by atoms with E-state index in [9.17, 15) is 32.5 Å². The third-order valence-corrected chi connectivity index (χ3v) is 18.6. The van der Waals surface area contributed by atoms with Crippen LogP contribution in [0.25, 0.3) is 32.7 Å². The van der Waals surface area contributed by atoms with Gasteiger partial charge in [0.05, 0.1) is 29.1 Å². The third kappa shape index (κ3) is 12.4. The first-order valence-electron chi connectivity index (χ1n) is 30.0. The Labute approximate surface area is 512 Å². The zero-order chi connectivity index (χ0) is 62.2. The van der Waals surface area contributed by atoms with E-state index < -0.39 is 44.3 Å². The van der Waals surface area contributed by atoms with Crippen molar-refractivity contribution in [1.29, 1.82) is 0 Å². The Hall–Kier alpha value is -9.26. The number of anilines is 3. The molecule has 2 aliphatic heterocycles. The Morgan fingerprint density at radius 2 is 1.52 bits per heavy atom. The molecule has 8 aromatic rings. The van der Waals surface area contributed by atoms with Gasteiger partial charge < -0.3 is 31.1 Å². The molecule has 7 N–H and O–H groups in total. The van der Waals surface area contributed by atoms with Gasteiger partial charge in [-0.3, -0.25) is 19.1 Å². The maximum atomic E-state index is 13.6. The highest BCUT2D eigenvalue weighted by atomic mass is 32.2. The molecular weight excluding hydrogens is 1130 g/mol. The van der Waals surface area contributed by atoms with Gasteiger partial charge in [0.25, 0.3) is 21.6 Å². The Morgan fingerprint density at radius 1 is 0.830 bits per heavy atom. The number of nitrogens with two attached hydrogens (primary N) is 1. The lowest BCUT2D eigenvalue weighted by Gasteiger charge is -2.28. The molecule has 6 aromatic carbocycles. The first-order valence-corrected chi connectivity index (χ1v) is 31.5. The number of nitrogens with one attached hydrogen (secondary N) is 3. The number of carboxylic acid groups (broad SMARTS) is 1. The fourth-order valence-corrected chi connectivity index (χ4v) is 13.0. The van der Waals surface area contributed by atoms with E-state index in [1.165, 1.54) is 40.8 Å². The fourth-order valence-electron chi connectivity index (χ4n) is 12.6. The Balaban J connectivity index is 0.896. The number of nitrogens with zero attached hydrogens (tertiary/aromatic N) is 5. The molecule has 1 amide bonds. The van der Waals surface area contributed by atoms with Crippen LogP contribution in [0, 0.1) is 5.92 Å². The van der Waals surface area contributed by atoms with E-state index in [-0.39, 0.29) is 47.5 Å². The standard InChI is InChI=1S/C70H73N9O8S/c1-42(2)35-37-78-56-31-23-45-13-8-10-17-53(45)60(56)69(4,5)58(78)33-25-47-15-12-16-48(26-34-59-70(6,7)61-54-18-11-9-14-46(54)24-32-57(61)79(59)38-36-43(3)88(84,85)86)63(47)87-52-29-19-44(20-30-52)39-55(67(82)83)75-65(80)49-21-27-50(28-22-49)72-40-51-41-73-64-62(74-51)66(81)77-68(71)76-64/h8-11,13-14,17-34,41-43,55H,12,15-16,35-40H2,1-7H3,(H6-,71,72,73,75,76,77,80,81,82,83,84,85,86)/p+1/t43?,55-/m0/s1. The zero-order valence-corrected chi connectivity index (χ0v) is 51.4. The molecule has 0 fully saturated rings. The van der Waals surface area contributed by atoms with E-state index in [1.807, 2.05) is 36.4 Å². The molecule has 0 bridgehead atoms. The minimum atomic E-state index is -4.27. The number of aromatic nitrogens is 4. The van der Waals surface area contributed by atoms with Gasteiger partial charge in [0.15, 0.2) is 23.4 Å². The molecule has 1 aliphatic carbocycles. The molecule has 1 unspecified atom stereocenters. The lowest BCUT2D eigenvalue weighted by molar-refractivity contribution is -0.438. The van der Waals surface area contributed by atoms with Gasteiger partial charge in [-0.1, -0.05) is 101 Å². The van der Waals surface area contributed by atoms with Gasteiger partial charge in [-0.25, -0.2) is 14.8 Å². The van der Waals surface area contributed by atoms with Crippen molar-refractivity contribution >= 4 is 83.4 Å². The molecule has 17 nitrogen and oxygen atoms in total. The number of aromatic amines is 1. The topological polar surface area (TPSA) is 246 Å². The normalized spacial score (nSPS) is 17.2. The van der Waals surface area contributed by atoms with Crippen LogP contribution in [0.4, 0.5) is 23.0 Å². The number of H-pyrrole nitrogens is 1. The Kier molecular flexibility index (Phi) is 16.8. The van der Waals surface area contributed by atoms with Crippen LogP contribution in [0.5, 0.6) is 5.75 Å². The average Bonchev–Trinajstić information content (AvgIpc) is 1.80. The second kappa shape index (κ2) is 24.5. The summed E-state index contributed by atoms with van der Waals surface area (Å²) in [5, 5.41) is 20.0. The van der Waals surface area contributed by atoms with Gasteiger partial charge in [-0.2, -0.15) is 18.0 Å². The van der Waals surface area contributed by atoms with E-state index >= 15 is 0 Å². The van der Waals surface area contributed by atoms with Crippen molar-refractivity contribution in [2.24, 2.45) is 5.92 Å². The van der Waals surface area contributed by atoms with Gasteiger partial charge >= 0.3 is 5.97 Å². The summed E-state index contributed by atoms with van der Waals surface area (Å²) in [6.07, 6.45) is 13.8. The highest BCUT2D eigenvalue weighted by Crippen LogP contribution is 2.51. The summed E-state index contributed by atoms with van der Waals surface area (Å²) in [4.78, 5) is 56.2. The van der Waals surface area contributed by atoms with Crippen LogP contribution < -0.4 is 31.6 Å². The fraction of sp³-hybridized carbons (Fsp3) is 0.300. The predicted molar refractivity (Wildman–Crippen MR) is 348 cm³/mol. The molecule has 2 atom stereocenters. The highest BCUT2D eigenvalue weighted by molar-refractivity contribution is 7.86. The summed E-state index contributed by atoms with van der Waals surface area (Å²) in [6.45, 7) is 16.5. The van der Waals surface area contributed by atoms with E-state index in [1.54, 1.807) is 24.3 Å².